The molecule has 6 heteroatoms. The number of amides is 1. The Kier molecular flexibility index (Phi) is 4.43. The van der Waals surface area contributed by atoms with E-state index in [0.717, 1.165) is 3.57 Å². The summed E-state index contributed by atoms with van der Waals surface area (Å²) in [6.45, 7) is 0. The second-order valence-corrected chi connectivity index (χ2v) is 5.21. The molecule has 0 unspecified atom stereocenters. The second-order valence-electron chi connectivity index (χ2n) is 3.96. The van der Waals surface area contributed by atoms with Crippen LogP contribution in [0, 0.1) is 9.39 Å². The van der Waals surface area contributed by atoms with Gasteiger partial charge in [-0.15, -0.1) is 0 Å². The number of methoxy groups -OCH3 is 1. The van der Waals surface area contributed by atoms with Crippen LogP contribution in [-0.2, 0) is 0 Å². The van der Waals surface area contributed by atoms with Gasteiger partial charge in [0, 0.05) is 15.3 Å². The van der Waals surface area contributed by atoms with Gasteiger partial charge in [0.1, 0.15) is 5.75 Å². The first-order chi connectivity index (χ1) is 9.51. The van der Waals surface area contributed by atoms with Crippen LogP contribution in [0.5, 0.6) is 11.5 Å². The minimum atomic E-state index is -0.511. The van der Waals surface area contributed by atoms with Crippen molar-refractivity contribution >= 4 is 34.2 Å². The Balaban J connectivity index is 2.25. The van der Waals surface area contributed by atoms with E-state index in [0.29, 0.717) is 5.69 Å². The van der Waals surface area contributed by atoms with Crippen molar-refractivity contribution < 1.29 is 19.0 Å². The van der Waals surface area contributed by atoms with Crippen LogP contribution in [0.1, 0.15) is 10.4 Å². The summed E-state index contributed by atoms with van der Waals surface area (Å²) in [7, 11) is 1.34. The number of phenolic OH excluding ortho intramolecular Hbond substituents is 1. The molecule has 104 valence electrons. The molecule has 2 aromatic carbocycles. The average Bonchev–Trinajstić information content (AvgIpc) is 2.43. The summed E-state index contributed by atoms with van der Waals surface area (Å²) in [6, 6.07) is 8.68. The van der Waals surface area contributed by atoms with Gasteiger partial charge < -0.3 is 15.2 Å². The third-order valence-corrected chi connectivity index (χ3v) is 3.28. The van der Waals surface area contributed by atoms with Crippen LogP contribution in [0.2, 0.25) is 0 Å². The lowest BCUT2D eigenvalue weighted by atomic mass is 10.2. The summed E-state index contributed by atoms with van der Waals surface area (Å²) in [4.78, 5) is 12.1. The van der Waals surface area contributed by atoms with Crippen LogP contribution < -0.4 is 10.1 Å². The van der Waals surface area contributed by atoms with Crippen molar-refractivity contribution in [1.82, 2.24) is 0 Å². The van der Waals surface area contributed by atoms with Gasteiger partial charge in [-0.2, -0.15) is 0 Å². The molecule has 2 N–H and O–H groups in total. The average molecular weight is 387 g/mol. The molecule has 0 heterocycles. The molecule has 0 aliphatic heterocycles. The van der Waals surface area contributed by atoms with Gasteiger partial charge >= 0.3 is 0 Å². The molecule has 0 radical (unpaired) electrons. The summed E-state index contributed by atoms with van der Waals surface area (Å²) in [5.74, 6) is -1.07. The molecule has 0 aliphatic rings. The molecule has 0 saturated carbocycles. The molecule has 0 atom stereocenters. The first-order valence-corrected chi connectivity index (χ1v) is 6.72. The molecule has 2 aromatic rings. The van der Waals surface area contributed by atoms with Crippen molar-refractivity contribution in [1.29, 1.82) is 0 Å². The Morgan fingerprint density at radius 3 is 2.75 bits per heavy atom. The number of rotatable bonds is 3. The van der Waals surface area contributed by atoms with Crippen LogP contribution >= 0.6 is 22.6 Å². The summed E-state index contributed by atoms with van der Waals surface area (Å²) >= 11 is 2.04. The van der Waals surface area contributed by atoms with Gasteiger partial charge in [-0.05, 0) is 52.9 Å². The zero-order chi connectivity index (χ0) is 14.7. The lowest BCUT2D eigenvalue weighted by molar-refractivity contribution is 0.102. The number of benzene rings is 2. The normalized spacial score (nSPS) is 10.2. The highest BCUT2D eigenvalue weighted by Gasteiger charge is 2.13. The molecule has 0 fully saturated rings. The van der Waals surface area contributed by atoms with Crippen LogP contribution in [0.25, 0.3) is 0 Å². The van der Waals surface area contributed by atoms with Crippen LogP contribution in [0.4, 0.5) is 10.1 Å². The van der Waals surface area contributed by atoms with E-state index < -0.39 is 11.7 Å². The van der Waals surface area contributed by atoms with Gasteiger partial charge in [0.2, 0.25) is 0 Å². The fourth-order valence-corrected chi connectivity index (χ4v) is 2.12. The zero-order valence-corrected chi connectivity index (χ0v) is 12.6. The minimum absolute atomic E-state index is 0.0367. The summed E-state index contributed by atoms with van der Waals surface area (Å²) in [5.41, 5.74) is 0.534. The van der Waals surface area contributed by atoms with Crippen molar-refractivity contribution in [3.8, 4) is 11.5 Å². The number of carbonyl (C=O) groups excluding carboxylic acids is 1. The van der Waals surface area contributed by atoms with Gasteiger partial charge in [0.25, 0.3) is 5.91 Å². The lowest BCUT2D eigenvalue weighted by Crippen LogP contribution is -2.12. The smallest absolute Gasteiger partial charge is 0.259 e. The maximum absolute atomic E-state index is 13.3. The number of hydrogen-bond donors (Lipinski definition) is 2. The number of halogens is 2. The highest BCUT2D eigenvalue weighted by molar-refractivity contribution is 14.1. The largest absolute Gasteiger partial charge is 0.507 e. The number of carbonyl (C=O) groups is 1. The maximum Gasteiger partial charge on any atom is 0.259 e. The van der Waals surface area contributed by atoms with Gasteiger partial charge in [-0.3, -0.25) is 4.79 Å². The SMILES string of the molecule is COc1cc(NC(=O)c2cc(I)ccc2O)ccc1F. The van der Waals surface area contributed by atoms with E-state index in [2.05, 4.69) is 5.32 Å². The van der Waals surface area contributed by atoms with Crippen molar-refractivity contribution in [2.75, 3.05) is 12.4 Å². The second kappa shape index (κ2) is 6.08. The van der Waals surface area contributed by atoms with Gasteiger partial charge in [0.05, 0.1) is 12.7 Å². The third-order valence-electron chi connectivity index (χ3n) is 2.61. The Labute approximate surface area is 128 Å². The zero-order valence-electron chi connectivity index (χ0n) is 10.5. The first-order valence-electron chi connectivity index (χ1n) is 5.64. The van der Waals surface area contributed by atoms with Gasteiger partial charge in [-0.25, -0.2) is 4.39 Å². The van der Waals surface area contributed by atoms with Crippen LogP contribution in [0.15, 0.2) is 36.4 Å². The molecule has 0 saturated heterocycles. The van der Waals surface area contributed by atoms with Crippen LogP contribution in [0.3, 0.4) is 0 Å². The van der Waals surface area contributed by atoms with Gasteiger partial charge in [0.15, 0.2) is 11.6 Å². The summed E-state index contributed by atoms with van der Waals surface area (Å²) < 4.78 is 18.9. The maximum atomic E-state index is 13.3. The molecular weight excluding hydrogens is 376 g/mol. The topological polar surface area (TPSA) is 58.6 Å². The van der Waals surface area contributed by atoms with Gasteiger partial charge in [-0.1, -0.05) is 0 Å². The van der Waals surface area contributed by atoms with Crippen LogP contribution in [-0.4, -0.2) is 18.1 Å². The molecule has 1 amide bonds. The number of nitrogens with one attached hydrogen (secondary N) is 1. The summed E-state index contributed by atoms with van der Waals surface area (Å²) in [6.07, 6.45) is 0. The molecule has 0 aliphatic carbocycles. The number of hydrogen-bond acceptors (Lipinski definition) is 3. The van der Waals surface area contributed by atoms with E-state index >= 15 is 0 Å². The van der Waals surface area contributed by atoms with E-state index in [1.807, 2.05) is 22.6 Å². The highest BCUT2D eigenvalue weighted by atomic mass is 127. The van der Waals surface area contributed by atoms with E-state index in [1.54, 1.807) is 12.1 Å². The number of phenols is 1. The highest BCUT2D eigenvalue weighted by Crippen LogP contribution is 2.24. The van der Waals surface area contributed by atoms with E-state index in [4.69, 9.17) is 4.74 Å². The predicted molar refractivity (Wildman–Crippen MR) is 81.7 cm³/mol. The summed E-state index contributed by atoms with van der Waals surface area (Å²) in [5, 5.41) is 12.3. The lowest BCUT2D eigenvalue weighted by Gasteiger charge is -2.09. The van der Waals surface area contributed by atoms with Crippen molar-refractivity contribution in [2.45, 2.75) is 0 Å². The number of anilines is 1. The van der Waals surface area contributed by atoms with E-state index in [9.17, 15) is 14.3 Å². The fourth-order valence-electron chi connectivity index (χ4n) is 1.63. The molecular formula is C14H11FINO3. The third kappa shape index (κ3) is 3.19. The predicted octanol–water partition coefficient (Wildman–Crippen LogP) is 3.40. The Hall–Kier alpha value is -1.83. The minimum Gasteiger partial charge on any atom is -0.507 e. The monoisotopic (exact) mass is 387 g/mol. The number of ether oxygens (including phenoxy) is 1. The molecule has 0 spiro atoms. The first kappa shape index (κ1) is 14.6. The molecule has 4 nitrogen and oxygen atoms in total. The van der Waals surface area contributed by atoms with E-state index in [-0.39, 0.29) is 17.1 Å². The molecule has 0 aromatic heterocycles. The van der Waals surface area contributed by atoms with Crippen molar-refractivity contribution in [3.05, 3.63) is 51.3 Å². The molecule has 0 bridgehead atoms. The quantitative estimate of drug-likeness (QED) is 0.794. The van der Waals surface area contributed by atoms with E-state index in [1.165, 1.54) is 31.4 Å². The van der Waals surface area contributed by atoms with Crippen molar-refractivity contribution in [3.63, 3.8) is 0 Å². The van der Waals surface area contributed by atoms with Crippen molar-refractivity contribution in [2.24, 2.45) is 0 Å². The fraction of sp³-hybridized carbons (Fsp3) is 0.0714. The number of aromatic hydroxyl groups is 1. The Morgan fingerprint density at radius 1 is 1.30 bits per heavy atom. The Morgan fingerprint density at radius 2 is 2.05 bits per heavy atom. The molecule has 20 heavy (non-hydrogen) atoms. The standard InChI is InChI=1S/C14H11FINO3/c1-20-13-7-9(3-4-11(13)15)17-14(19)10-6-8(16)2-5-12(10)18/h2-7,18H,1H3,(H,17,19). The Bertz CT molecular complexity index is 661. The molecule has 2 rings (SSSR count).